The molecule has 43 heavy (non-hydrogen) atoms. The van der Waals surface area contributed by atoms with Crippen LogP contribution in [-0.4, -0.2) is 46.1 Å². The highest BCUT2D eigenvalue weighted by Crippen LogP contribution is 2.24. The van der Waals surface area contributed by atoms with Crippen molar-refractivity contribution in [3.63, 3.8) is 0 Å². The molecule has 0 spiro atoms. The molecule has 0 radical (unpaired) electrons. The Labute approximate surface area is 252 Å². The average molecular weight is 599 g/mol. The average Bonchev–Trinajstić information content (AvgIpc) is 3.01. The molecule has 0 heterocycles. The van der Waals surface area contributed by atoms with E-state index in [-0.39, 0.29) is 17.4 Å². The molecule has 10 heteroatoms. The van der Waals surface area contributed by atoms with Crippen molar-refractivity contribution in [3.8, 4) is 5.75 Å². The lowest BCUT2D eigenvalue weighted by atomic mass is 10.1. The Bertz CT molecular complexity index is 1640. The molecule has 4 aromatic carbocycles. The highest BCUT2D eigenvalue weighted by atomic mass is 32.2. The SMILES string of the molecule is Cc1ccc(N(CC(=O)N/N=C/c2ccc(OCC(=O)NCCc3ccccc3)cc2)S(=O)(=O)c2ccc(C)cc2)cc1. The standard InChI is InChI=1S/C33H34N4O5S/c1-25-8-14-29(15-9-25)37(43(40,41)31-18-10-26(2)11-19-31)23-32(38)36-35-22-28-12-16-30(17-13-28)42-24-33(39)34-21-20-27-6-4-3-5-7-27/h3-19,22H,20-21,23-24H2,1-2H3,(H,34,39)(H,36,38)/b35-22+. The molecule has 2 N–H and O–H groups in total. The number of ether oxygens (including phenoxy) is 1. The Morgan fingerprint density at radius 2 is 1.44 bits per heavy atom. The number of nitrogens with zero attached hydrogens (tertiary/aromatic N) is 2. The van der Waals surface area contributed by atoms with Crippen molar-refractivity contribution in [1.29, 1.82) is 0 Å². The van der Waals surface area contributed by atoms with Gasteiger partial charge in [0.1, 0.15) is 12.3 Å². The van der Waals surface area contributed by atoms with Crippen molar-refractivity contribution < 1.29 is 22.7 Å². The van der Waals surface area contributed by atoms with Crippen LogP contribution >= 0.6 is 0 Å². The van der Waals surface area contributed by atoms with Crippen LogP contribution < -0.4 is 19.8 Å². The first-order valence-corrected chi connectivity index (χ1v) is 15.2. The van der Waals surface area contributed by atoms with E-state index in [1.807, 2.05) is 44.2 Å². The summed E-state index contributed by atoms with van der Waals surface area (Å²) < 4.78 is 33.5. The summed E-state index contributed by atoms with van der Waals surface area (Å²) in [5, 5.41) is 6.81. The van der Waals surface area contributed by atoms with E-state index in [4.69, 9.17) is 4.74 Å². The number of sulfonamides is 1. The molecule has 0 fully saturated rings. The second kappa shape index (κ2) is 14.8. The number of hydrogen-bond acceptors (Lipinski definition) is 6. The van der Waals surface area contributed by atoms with Gasteiger partial charge in [0.2, 0.25) is 0 Å². The first-order valence-electron chi connectivity index (χ1n) is 13.7. The zero-order valence-electron chi connectivity index (χ0n) is 24.1. The number of carbonyl (C=O) groups is 2. The molecule has 0 saturated heterocycles. The topological polar surface area (TPSA) is 117 Å². The largest absolute Gasteiger partial charge is 0.484 e. The van der Waals surface area contributed by atoms with Crippen molar-refractivity contribution >= 4 is 33.7 Å². The van der Waals surface area contributed by atoms with E-state index in [1.165, 1.54) is 18.3 Å². The highest BCUT2D eigenvalue weighted by Gasteiger charge is 2.27. The summed E-state index contributed by atoms with van der Waals surface area (Å²) in [6.07, 6.45) is 2.17. The fraction of sp³-hybridized carbons (Fsp3) is 0.182. The molecule has 222 valence electrons. The lowest BCUT2D eigenvalue weighted by Crippen LogP contribution is -2.39. The number of hydrogen-bond donors (Lipinski definition) is 2. The first kappa shape index (κ1) is 31.0. The second-order valence-electron chi connectivity index (χ2n) is 9.90. The molecule has 4 aromatic rings. The Balaban J connectivity index is 1.29. The Kier molecular flexibility index (Phi) is 10.7. The Morgan fingerprint density at radius 1 is 0.814 bits per heavy atom. The number of rotatable bonds is 13. The molecule has 9 nitrogen and oxygen atoms in total. The van der Waals surface area contributed by atoms with Crippen molar-refractivity contribution in [2.75, 3.05) is 24.0 Å². The molecule has 0 aromatic heterocycles. The molecule has 0 aliphatic heterocycles. The normalized spacial score (nSPS) is 11.2. The zero-order chi connectivity index (χ0) is 30.7. The summed E-state index contributed by atoms with van der Waals surface area (Å²) in [4.78, 5) is 24.9. The van der Waals surface area contributed by atoms with Crippen LogP contribution in [0.1, 0.15) is 22.3 Å². The maximum absolute atomic E-state index is 13.5. The van der Waals surface area contributed by atoms with E-state index in [1.54, 1.807) is 60.7 Å². The van der Waals surface area contributed by atoms with Crippen LogP contribution in [0.15, 0.2) is 113 Å². The summed E-state index contributed by atoms with van der Waals surface area (Å²) in [6, 6.07) is 30.1. The Morgan fingerprint density at radius 3 is 2.09 bits per heavy atom. The van der Waals surface area contributed by atoms with Gasteiger partial charge >= 0.3 is 0 Å². The van der Waals surface area contributed by atoms with Gasteiger partial charge in [0, 0.05) is 6.54 Å². The zero-order valence-corrected chi connectivity index (χ0v) is 24.9. The van der Waals surface area contributed by atoms with Crippen LogP contribution in [0.5, 0.6) is 5.75 Å². The van der Waals surface area contributed by atoms with Gasteiger partial charge in [-0.2, -0.15) is 5.10 Å². The van der Waals surface area contributed by atoms with E-state index in [2.05, 4.69) is 15.8 Å². The van der Waals surface area contributed by atoms with Gasteiger partial charge in [-0.1, -0.05) is 65.7 Å². The number of carbonyl (C=O) groups excluding carboxylic acids is 2. The first-order chi connectivity index (χ1) is 20.7. The van der Waals surface area contributed by atoms with Gasteiger partial charge in [0.05, 0.1) is 16.8 Å². The van der Waals surface area contributed by atoms with E-state index >= 15 is 0 Å². The van der Waals surface area contributed by atoms with Gasteiger partial charge in [0.25, 0.3) is 21.8 Å². The Hall–Kier alpha value is -4.96. The van der Waals surface area contributed by atoms with Gasteiger partial charge in [-0.05, 0) is 79.9 Å². The van der Waals surface area contributed by atoms with Crippen molar-refractivity contribution in [1.82, 2.24) is 10.7 Å². The van der Waals surface area contributed by atoms with Gasteiger partial charge in [0.15, 0.2) is 6.61 Å². The van der Waals surface area contributed by atoms with Crippen molar-refractivity contribution in [3.05, 3.63) is 125 Å². The number of benzene rings is 4. The fourth-order valence-electron chi connectivity index (χ4n) is 4.05. The number of aryl methyl sites for hydroxylation is 2. The van der Waals surface area contributed by atoms with E-state index < -0.39 is 22.5 Å². The molecule has 0 aliphatic rings. The number of anilines is 1. The van der Waals surface area contributed by atoms with Crippen LogP contribution in [-0.2, 0) is 26.0 Å². The summed E-state index contributed by atoms with van der Waals surface area (Å²) in [5.41, 5.74) is 6.47. The summed E-state index contributed by atoms with van der Waals surface area (Å²) in [6.45, 7) is 3.72. The molecule has 0 bridgehead atoms. The summed E-state index contributed by atoms with van der Waals surface area (Å²) in [5.74, 6) is -0.312. The van der Waals surface area contributed by atoms with Crippen LogP contribution in [0.3, 0.4) is 0 Å². The van der Waals surface area contributed by atoms with Gasteiger partial charge in [-0.25, -0.2) is 13.8 Å². The quantitative estimate of drug-likeness (QED) is 0.175. The van der Waals surface area contributed by atoms with Crippen molar-refractivity contribution in [2.24, 2.45) is 5.10 Å². The van der Waals surface area contributed by atoms with Crippen molar-refractivity contribution in [2.45, 2.75) is 25.2 Å². The third kappa shape index (κ3) is 9.27. The smallest absolute Gasteiger partial charge is 0.264 e. The minimum atomic E-state index is -4.01. The highest BCUT2D eigenvalue weighted by molar-refractivity contribution is 7.92. The molecule has 0 aliphatic carbocycles. The van der Waals surface area contributed by atoms with Gasteiger partial charge < -0.3 is 10.1 Å². The van der Waals surface area contributed by atoms with Crippen LogP contribution in [0.2, 0.25) is 0 Å². The van der Waals surface area contributed by atoms with E-state index in [9.17, 15) is 18.0 Å². The van der Waals surface area contributed by atoms with Crippen LogP contribution in [0.25, 0.3) is 0 Å². The predicted molar refractivity (Wildman–Crippen MR) is 168 cm³/mol. The number of hydrazone groups is 1. The molecular weight excluding hydrogens is 564 g/mol. The molecular formula is C33H34N4O5S. The third-order valence-electron chi connectivity index (χ3n) is 6.45. The molecule has 2 amide bonds. The summed E-state index contributed by atoms with van der Waals surface area (Å²) >= 11 is 0. The van der Waals surface area contributed by atoms with E-state index in [0.29, 0.717) is 23.5 Å². The minimum absolute atomic E-state index is 0.0851. The molecule has 4 rings (SSSR count). The number of amides is 2. The lowest BCUT2D eigenvalue weighted by Gasteiger charge is -2.24. The van der Waals surface area contributed by atoms with Gasteiger partial charge in [-0.3, -0.25) is 13.9 Å². The lowest BCUT2D eigenvalue weighted by molar-refractivity contribution is -0.123. The molecule has 0 saturated carbocycles. The maximum atomic E-state index is 13.5. The number of nitrogens with one attached hydrogen (secondary N) is 2. The minimum Gasteiger partial charge on any atom is -0.484 e. The summed E-state index contributed by atoms with van der Waals surface area (Å²) in [7, 11) is -4.01. The van der Waals surface area contributed by atoms with Gasteiger partial charge in [-0.15, -0.1) is 0 Å². The van der Waals surface area contributed by atoms with E-state index in [0.717, 1.165) is 27.4 Å². The maximum Gasteiger partial charge on any atom is 0.264 e. The van der Waals surface area contributed by atoms with Crippen LogP contribution in [0, 0.1) is 13.8 Å². The fourth-order valence-corrected chi connectivity index (χ4v) is 5.47. The predicted octanol–water partition coefficient (Wildman–Crippen LogP) is 4.39. The van der Waals surface area contributed by atoms with Crippen LogP contribution in [0.4, 0.5) is 5.69 Å². The monoisotopic (exact) mass is 598 g/mol. The molecule has 0 atom stereocenters. The third-order valence-corrected chi connectivity index (χ3v) is 8.24. The second-order valence-corrected chi connectivity index (χ2v) is 11.8. The molecule has 0 unspecified atom stereocenters.